The second-order valence-corrected chi connectivity index (χ2v) is 9.97. The molecular formula is C30H19FN4O2S. The van der Waals surface area contributed by atoms with Gasteiger partial charge in [0.2, 0.25) is 11.5 Å². The number of halogens is 1. The van der Waals surface area contributed by atoms with E-state index in [1.807, 2.05) is 65.5 Å². The van der Waals surface area contributed by atoms with Gasteiger partial charge in [-0.3, -0.25) is 4.79 Å². The highest BCUT2D eigenvalue weighted by Crippen LogP contribution is 2.41. The first kappa shape index (κ1) is 22.5. The molecule has 2 aliphatic rings. The summed E-state index contributed by atoms with van der Waals surface area (Å²) in [5.74, 6) is -0.306. The molecule has 0 saturated carbocycles. The summed E-state index contributed by atoms with van der Waals surface area (Å²) < 4.78 is 21.0. The van der Waals surface area contributed by atoms with Crippen LogP contribution in [-0.2, 0) is 9.53 Å². The van der Waals surface area contributed by atoms with Crippen molar-refractivity contribution in [3.63, 3.8) is 0 Å². The molecule has 38 heavy (non-hydrogen) atoms. The van der Waals surface area contributed by atoms with E-state index in [4.69, 9.17) is 9.84 Å². The average Bonchev–Trinajstić information content (AvgIpc) is 3.64. The molecule has 1 atom stereocenters. The maximum absolute atomic E-state index is 13.3. The Bertz CT molecular complexity index is 1760. The molecular weight excluding hydrogens is 499 g/mol. The van der Waals surface area contributed by atoms with Crippen LogP contribution < -0.4 is 0 Å². The highest BCUT2D eigenvalue weighted by atomic mass is 32.2. The van der Waals surface area contributed by atoms with Crippen molar-refractivity contribution in [1.82, 2.24) is 14.8 Å². The Kier molecular flexibility index (Phi) is 5.33. The van der Waals surface area contributed by atoms with Crippen LogP contribution in [0.25, 0.3) is 33.8 Å². The number of nitrogens with zero attached hydrogens (tertiary/aromatic N) is 4. The van der Waals surface area contributed by atoms with E-state index in [-0.39, 0.29) is 11.7 Å². The number of amides is 1. The second kappa shape index (κ2) is 9.00. The van der Waals surface area contributed by atoms with Gasteiger partial charge in [0, 0.05) is 22.9 Å². The summed E-state index contributed by atoms with van der Waals surface area (Å²) in [5.41, 5.74) is 3.45. The van der Waals surface area contributed by atoms with Gasteiger partial charge in [0.15, 0.2) is 0 Å². The summed E-state index contributed by atoms with van der Waals surface area (Å²) in [6.07, 6.45) is 3.77. The second-order valence-electron chi connectivity index (χ2n) is 8.89. The van der Waals surface area contributed by atoms with Crippen LogP contribution in [0.5, 0.6) is 0 Å². The summed E-state index contributed by atoms with van der Waals surface area (Å²) >= 11 is 1.29. The molecule has 0 radical (unpaired) electrons. The number of fused-ring (bicyclic) bond motifs is 2. The first-order valence-corrected chi connectivity index (χ1v) is 12.9. The SMILES string of the molecule is O=C1C(=Cc2cn(-c3ccccc3)nc2-c2ccc3ccccc3c2)SC2OC(c3ccc(F)cc3)=NN12. The Balaban J connectivity index is 1.27. The van der Waals surface area contributed by atoms with Crippen molar-refractivity contribution < 1.29 is 13.9 Å². The van der Waals surface area contributed by atoms with E-state index >= 15 is 0 Å². The van der Waals surface area contributed by atoms with E-state index in [1.54, 1.807) is 12.1 Å². The number of aromatic nitrogens is 2. The van der Waals surface area contributed by atoms with Gasteiger partial charge in [0.1, 0.15) is 11.5 Å². The van der Waals surface area contributed by atoms with Crippen molar-refractivity contribution in [2.45, 2.75) is 5.56 Å². The van der Waals surface area contributed by atoms with Gasteiger partial charge in [-0.15, -0.1) is 5.10 Å². The van der Waals surface area contributed by atoms with Crippen LogP contribution >= 0.6 is 11.8 Å². The zero-order valence-corrected chi connectivity index (χ0v) is 20.7. The summed E-state index contributed by atoms with van der Waals surface area (Å²) in [6.45, 7) is 0. The zero-order valence-electron chi connectivity index (χ0n) is 19.9. The van der Waals surface area contributed by atoms with Gasteiger partial charge in [0.05, 0.1) is 10.6 Å². The fourth-order valence-electron chi connectivity index (χ4n) is 4.52. The Hall–Kier alpha value is -4.69. The van der Waals surface area contributed by atoms with Crippen molar-refractivity contribution in [2.24, 2.45) is 5.10 Å². The van der Waals surface area contributed by atoms with Crippen molar-refractivity contribution in [3.8, 4) is 16.9 Å². The lowest BCUT2D eigenvalue weighted by Crippen LogP contribution is -2.23. The number of carbonyl (C=O) groups excluding carboxylic acids is 1. The zero-order chi connectivity index (χ0) is 25.6. The van der Waals surface area contributed by atoms with Gasteiger partial charge in [-0.05, 0) is 59.3 Å². The van der Waals surface area contributed by atoms with Crippen molar-refractivity contribution in [2.75, 3.05) is 0 Å². The van der Waals surface area contributed by atoms with E-state index in [1.165, 1.54) is 28.9 Å². The average molecular weight is 519 g/mol. The number of ether oxygens (including phenoxy) is 1. The van der Waals surface area contributed by atoms with Crippen molar-refractivity contribution in [3.05, 3.63) is 125 Å². The molecule has 1 fully saturated rings. The fraction of sp³-hybridized carbons (Fsp3) is 0.0333. The molecule has 5 aromatic rings. The highest BCUT2D eigenvalue weighted by molar-refractivity contribution is 8.05. The van der Waals surface area contributed by atoms with Crippen molar-refractivity contribution >= 4 is 40.4 Å². The molecule has 0 aliphatic carbocycles. The summed E-state index contributed by atoms with van der Waals surface area (Å²) in [6, 6.07) is 30.1. The number of benzene rings is 4. The highest BCUT2D eigenvalue weighted by Gasteiger charge is 2.43. The molecule has 184 valence electrons. The molecule has 2 aliphatic heterocycles. The minimum atomic E-state index is -0.609. The fourth-order valence-corrected chi connectivity index (χ4v) is 5.51. The molecule has 0 bridgehead atoms. The third-order valence-corrected chi connectivity index (χ3v) is 7.47. The monoisotopic (exact) mass is 518 g/mol. The predicted molar refractivity (Wildman–Crippen MR) is 147 cm³/mol. The number of hydrogen-bond donors (Lipinski definition) is 0. The number of para-hydroxylation sites is 1. The number of hydrazone groups is 1. The van der Waals surface area contributed by atoms with Gasteiger partial charge in [-0.1, -0.05) is 66.4 Å². The molecule has 1 unspecified atom stereocenters. The molecule has 0 spiro atoms. The summed E-state index contributed by atoms with van der Waals surface area (Å²) in [7, 11) is 0. The minimum absolute atomic E-state index is 0.256. The lowest BCUT2D eigenvalue weighted by Gasteiger charge is -2.07. The number of hydrogen-bond acceptors (Lipinski definition) is 5. The molecule has 7 rings (SSSR count). The van der Waals surface area contributed by atoms with Crippen LogP contribution in [0.4, 0.5) is 4.39 Å². The van der Waals surface area contributed by atoms with Crippen LogP contribution in [0.1, 0.15) is 11.1 Å². The van der Waals surface area contributed by atoms with Gasteiger partial charge in [-0.25, -0.2) is 9.07 Å². The number of thioether (sulfide) groups is 1. The maximum Gasteiger partial charge on any atom is 0.284 e. The minimum Gasteiger partial charge on any atom is -0.440 e. The first-order valence-electron chi connectivity index (χ1n) is 12.0. The third-order valence-electron chi connectivity index (χ3n) is 6.42. The topological polar surface area (TPSA) is 59.7 Å². The van der Waals surface area contributed by atoms with Crippen molar-refractivity contribution in [1.29, 1.82) is 0 Å². The Morgan fingerprint density at radius 2 is 1.61 bits per heavy atom. The lowest BCUT2D eigenvalue weighted by atomic mass is 10.0. The van der Waals surface area contributed by atoms with E-state index in [9.17, 15) is 9.18 Å². The summed E-state index contributed by atoms with van der Waals surface area (Å²) in [5, 5.41) is 12.9. The third kappa shape index (κ3) is 3.95. The molecule has 0 N–H and O–H groups in total. The number of carbonyl (C=O) groups is 1. The van der Waals surface area contributed by atoms with E-state index in [2.05, 4.69) is 29.4 Å². The standard InChI is InChI=1S/C30H19FN4O2S/c31-24-14-12-20(13-15-24)28-33-35-29(36)26(38-30(35)37-28)17-23-18-34(25-8-2-1-3-9-25)32-27(23)22-11-10-19-6-4-5-7-21(19)16-22/h1-18,30H. The maximum atomic E-state index is 13.3. The Labute approximate surface area is 221 Å². The molecule has 8 heteroatoms. The van der Waals surface area contributed by atoms with Crippen LogP contribution in [-0.4, -0.2) is 32.2 Å². The summed E-state index contributed by atoms with van der Waals surface area (Å²) in [4.78, 5) is 13.8. The molecule has 3 heterocycles. The van der Waals surface area contributed by atoms with Crippen LogP contribution in [0, 0.1) is 5.82 Å². The normalized spacial score (nSPS) is 17.7. The van der Waals surface area contributed by atoms with Crippen LogP contribution in [0.2, 0.25) is 0 Å². The van der Waals surface area contributed by atoms with Crippen LogP contribution in [0.3, 0.4) is 0 Å². The largest absolute Gasteiger partial charge is 0.440 e. The first-order chi connectivity index (χ1) is 18.6. The Morgan fingerprint density at radius 3 is 2.39 bits per heavy atom. The van der Waals surface area contributed by atoms with Gasteiger partial charge < -0.3 is 4.74 Å². The van der Waals surface area contributed by atoms with Gasteiger partial charge in [-0.2, -0.15) is 10.1 Å². The van der Waals surface area contributed by atoms with E-state index in [0.29, 0.717) is 16.4 Å². The molecule has 4 aromatic carbocycles. The number of rotatable bonds is 4. The van der Waals surface area contributed by atoms with E-state index in [0.717, 1.165) is 33.3 Å². The predicted octanol–water partition coefficient (Wildman–Crippen LogP) is 6.42. The molecule has 1 aromatic heterocycles. The van der Waals surface area contributed by atoms with Gasteiger partial charge >= 0.3 is 0 Å². The molecule has 1 amide bonds. The lowest BCUT2D eigenvalue weighted by molar-refractivity contribution is -0.127. The quantitative estimate of drug-likeness (QED) is 0.258. The molecule has 1 saturated heterocycles. The smallest absolute Gasteiger partial charge is 0.284 e. The van der Waals surface area contributed by atoms with Gasteiger partial charge in [0.25, 0.3) is 5.91 Å². The van der Waals surface area contributed by atoms with E-state index < -0.39 is 5.56 Å². The molecule has 6 nitrogen and oxygen atoms in total. The van der Waals surface area contributed by atoms with Crippen LogP contribution in [0.15, 0.2) is 113 Å². The Morgan fingerprint density at radius 1 is 0.868 bits per heavy atom.